The Morgan fingerprint density at radius 3 is 2.35 bits per heavy atom. The first-order valence-corrected chi connectivity index (χ1v) is 11.6. The lowest BCUT2D eigenvalue weighted by Gasteiger charge is -2.17. The first-order chi connectivity index (χ1) is 16.4. The summed E-state index contributed by atoms with van der Waals surface area (Å²) in [7, 11) is 0. The number of carbonyl (C=O) groups is 3. The molecule has 34 heavy (non-hydrogen) atoms. The topological polar surface area (TPSA) is 88.3 Å². The fraction of sp³-hybridized carbons (Fsp3) is 0.115. The van der Waals surface area contributed by atoms with Crippen LogP contribution >= 0.6 is 27.5 Å². The molecule has 0 aliphatic rings. The molecule has 0 aliphatic carbocycles. The van der Waals surface area contributed by atoms with Crippen molar-refractivity contribution in [3.05, 3.63) is 105 Å². The van der Waals surface area contributed by atoms with E-state index < -0.39 is 24.5 Å². The van der Waals surface area contributed by atoms with Crippen molar-refractivity contribution in [3.8, 4) is 0 Å². The Kier molecular flexibility index (Phi) is 7.45. The van der Waals surface area contributed by atoms with Crippen molar-refractivity contribution in [2.75, 3.05) is 6.61 Å². The van der Waals surface area contributed by atoms with E-state index in [9.17, 15) is 14.4 Å². The van der Waals surface area contributed by atoms with Gasteiger partial charge in [0.2, 0.25) is 0 Å². The number of benzene rings is 3. The lowest BCUT2D eigenvalue weighted by molar-refractivity contribution is -0.144. The van der Waals surface area contributed by atoms with Gasteiger partial charge in [0.25, 0.3) is 5.91 Å². The van der Waals surface area contributed by atoms with Crippen LogP contribution < -0.4 is 5.32 Å². The predicted octanol–water partition coefficient (Wildman–Crippen LogP) is 5.35. The minimum atomic E-state index is -1.000. The number of H-pyrrole nitrogens is 1. The maximum absolute atomic E-state index is 13.0. The number of aromatic amines is 1. The quantitative estimate of drug-likeness (QED) is 0.233. The molecule has 0 fully saturated rings. The molecule has 1 heterocycles. The summed E-state index contributed by atoms with van der Waals surface area (Å²) in [6.07, 6.45) is 1.99. The van der Waals surface area contributed by atoms with Gasteiger partial charge in [0.1, 0.15) is 6.04 Å². The van der Waals surface area contributed by atoms with Crippen LogP contribution in [0.3, 0.4) is 0 Å². The smallest absolute Gasteiger partial charge is 0.329 e. The lowest BCUT2D eigenvalue weighted by Crippen LogP contribution is -2.43. The summed E-state index contributed by atoms with van der Waals surface area (Å²) < 4.78 is 6.16. The number of para-hydroxylation sites is 1. The van der Waals surface area contributed by atoms with Gasteiger partial charge in [-0.1, -0.05) is 57.9 Å². The van der Waals surface area contributed by atoms with Crippen molar-refractivity contribution in [2.45, 2.75) is 12.5 Å². The van der Waals surface area contributed by atoms with Crippen molar-refractivity contribution in [1.82, 2.24) is 10.3 Å². The molecule has 0 aliphatic heterocycles. The van der Waals surface area contributed by atoms with Crippen molar-refractivity contribution < 1.29 is 19.1 Å². The fourth-order valence-electron chi connectivity index (χ4n) is 3.51. The molecule has 0 saturated heterocycles. The van der Waals surface area contributed by atoms with Gasteiger partial charge in [-0.15, -0.1) is 0 Å². The average Bonchev–Trinajstić information content (AvgIpc) is 3.25. The Morgan fingerprint density at radius 1 is 0.941 bits per heavy atom. The van der Waals surface area contributed by atoms with E-state index in [4.69, 9.17) is 16.3 Å². The second-order valence-corrected chi connectivity index (χ2v) is 8.99. The van der Waals surface area contributed by atoms with Crippen LogP contribution in [-0.4, -0.2) is 35.3 Å². The molecule has 6 nitrogen and oxygen atoms in total. The van der Waals surface area contributed by atoms with Crippen molar-refractivity contribution in [3.63, 3.8) is 0 Å². The van der Waals surface area contributed by atoms with Gasteiger partial charge in [-0.05, 0) is 48.0 Å². The maximum atomic E-state index is 13.0. The van der Waals surface area contributed by atoms with E-state index in [1.165, 1.54) is 0 Å². The van der Waals surface area contributed by atoms with Crippen LogP contribution in [0.5, 0.6) is 0 Å². The standard InChI is InChI=1S/C26H20BrClN2O4/c27-19-9-5-16(6-10-19)24(31)15-34-26(33)23(30-25(32)17-7-11-20(28)12-8-17)13-18-14-29-22-4-2-1-3-21(18)22/h1-12,14,23,29H,13,15H2,(H,30,32). The number of halogens is 2. The van der Waals surface area contributed by atoms with Crippen LogP contribution in [0.25, 0.3) is 10.9 Å². The van der Waals surface area contributed by atoms with Gasteiger partial charge < -0.3 is 15.0 Å². The minimum absolute atomic E-state index is 0.189. The van der Waals surface area contributed by atoms with Crippen LogP contribution in [0.2, 0.25) is 5.02 Å². The minimum Gasteiger partial charge on any atom is -0.456 e. The first kappa shape index (κ1) is 23.7. The Morgan fingerprint density at radius 2 is 1.62 bits per heavy atom. The van der Waals surface area contributed by atoms with E-state index in [1.807, 2.05) is 24.3 Å². The van der Waals surface area contributed by atoms with Gasteiger partial charge in [0.15, 0.2) is 12.4 Å². The maximum Gasteiger partial charge on any atom is 0.329 e. The number of carbonyl (C=O) groups excluding carboxylic acids is 3. The van der Waals surface area contributed by atoms with E-state index in [2.05, 4.69) is 26.2 Å². The fourth-order valence-corrected chi connectivity index (χ4v) is 3.90. The molecule has 8 heteroatoms. The molecule has 1 amide bonds. The third-order valence-corrected chi connectivity index (χ3v) is 6.09. The van der Waals surface area contributed by atoms with Gasteiger partial charge in [0.05, 0.1) is 0 Å². The van der Waals surface area contributed by atoms with Crippen molar-refractivity contribution >= 4 is 56.1 Å². The normalized spacial score (nSPS) is 11.7. The molecule has 4 rings (SSSR count). The number of ketones is 1. The van der Waals surface area contributed by atoms with Crippen LogP contribution in [0.15, 0.2) is 83.5 Å². The summed E-state index contributed by atoms with van der Waals surface area (Å²) in [5.74, 6) is -1.48. The molecule has 2 N–H and O–H groups in total. The van der Waals surface area contributed by atoms with E-state index in [0.29, 0.717) is 16.1 Å². The summed E-state index contributed by atoms with van der Waals surface area (Å²) in [4.78, 5) is 41.4. The summed E-state index contributed by atoms with van der Waals surface area (Å²) in [6.45, 7) is -0.429. The molecule has 4 aromatic rings. The Balaban J connectivity index is 1.51. The number of amides is 1. The van der Waals surface area contributed by atoms with Gasteiger partial charge in [-0.25, -0.2) is 4.79 Å². The van der Waals surface area contributed by atoms with Crippen LogP contribution in [0, 0.1) is 0 Å². The van der Waals surface area contributed by atoms with E-state index in [0.717, 1.165) is 20.9 Å². The molecule has 0 radical (unpaired) electrons. The highest BCUT2D eigenvalue weighted by molar-refractivity contribution is 9.10. The zero-order valence-corrected chi connectivity index (χ0v) is 20.2. The van der Waals surface area contributed by atoms with Gasteiger partial charge in [-0.3, -0.25) is 9.59 Å². The number of ether oxygens (including phenoxy) is 1. The van der Waals surface area contributed by atoms with Gasteiger partial charge in [0, 0.05) is 44.1 Å². The number of esters is 1. The second-order valence-electron chi connectivity index (χ2n) is 7.63. The van der Waals surface area contributed by atoms with Crippen LogP contribution in [0.1, 0.15) is 26.3 Å². The molecule has 0 saturated carbocycles. The number of hydrogen-bond acceptors (Lipinski definition) is 4. The van der Waals surface area contributed by atoms with E-state index >= 15 is 0 Å². The van der Waals surface area contributed by atoms with Gasteiger partial charge >= 0.3 is 5.97 Å². The lowest BCUT2D eigenvalue weighted by atomic mass is 10.0. The molecule has 0 bridgehead atoms. The largest absolute Gasteiger partial charge is 0.456 e. The van der Waals surface area contributed by atoms with Crippen LogP contribution in [0.4, 0.5) is 0 Å². The Labute approximate surface area is 209 Å². The van der Waals surface area contributed by atoms with Crippen molar-refractivity contribution in [1.29, 1.82) is 0 Å². The highest BCUT2D eigenvalue weighted by Gasteiger charge is 2.25. The zero-order valence-electron chi connectivity index (χ0n) is 17.9. The first-order valence-electron chi connectivity index (χ1n) is 10.5. The predicted molar refractivity (Wildman–Crippen MR) is 134 cm³/mol. The summed E-state index contributed by atoms with van der Waals surface area (Å²) in [5.41, 5.74) is 2.54. The Bertz CT molecular complexity index is 1330. The van der Waals surface area contributed by atoms with Crippen LogP contribution in [-0.2, 0) is 16.0 Å². The third kappa shape index (κ3) is 5.73. The SMILES string of the molecule is O=C(COC(=O)C(Cc1c[nH]c2ccccc12)NC(=O)c1ccc(Cl)cc1)c1ccc(Br)cc1. The summed E-state index contributed by atoms with van der Waals surface area (Å²) in [6, 6.07) is 19.8. The number of nitrogens with one attached hydrogen (secondary N) is 2. The number of Topliss-reactive ketones (excluding diaryl/α,β-unsaturated/α-hetero) is 1. The number of aromatic nitrogens is 1. The molecule has 3 aromatic carbocycles. The molecule has 1 unspecified atom stereocenters. The molecule has 1 atom stereocenters. The second kappa shape index (κ2) is 10.7. The van der Waals surface area contributed by atoms with Crippen molar-refractivity contribution in [2.24, 2.45) is 0 Å². The molecular formula is C26H20BrClN2O4. The zero-order chi connectivity index (χ0) is 24.1. The molecular weight excluding hydrogens is 520 g/mol. The molecule has 172 valence electrons. The highest BCUT2D eigenvalue weighted by Crippen LogP contribution is 2.20. The Hall–Kier alpha value is -3.42. The monoisotopic (exact) mass is 538 g/mol. The van der Waals surface area contributed by atoms with E-state index in [1.54, 1.807) is 54.7 Å². The molecule has 1 aromatic heterocycles. The average molecular weight is 540 g/mol. The molecule has 0 spiro atoms. The number of fused-ring (bicyclic) bond motifs is 1. The number of rotatable bonds is 8. The summed E-state index contributed by atoms with van der Waals surface area (Å²) in [5, 5.41) is 4.17. The van der Waals surface area contributed by atoms with E-state index in [-0.39, 0.29) is 12.2 Å². The third-order valence-electron chi connectivity index (χ3n) is 5.31. The van der Waals surface area contributed by atoms with Gasteiger partial charge in [-0.2, -0.15) is 0 Å². The highest BCUT2D eigenvalue weighted by atomic mass is 79.9. The summed E-state index contributed by atoms with van der Waals surface area (Å²) >= 11 is 9.23. The number of hydrogen-bond donors (Lipinski definition) is 2.